The van der Waals surface area contributed by atoms with Crippen LogP contribution in [0.3, 0.4) is 0 Å². The van der Waals surface area contributed by atoms with Crippen molar-refractivity contribution in [1.82, 2.24) is 14.8 Å². The lowest BCUT2D eigenvalue weighted by Gasteiger charge is -2.38. The highest BCUT2D eigenvalue weighted by Gasteiger charge is 2.25. The fourth-order valence-electron chi connectivity index (χ4n) is 3.69. The lowest BCUT2D eigenvalue weighted by atomic mass is 10.1. The summed E-state index contributed by atoms with van der Waals surface area (Å²) in [5.74, 6) is 0.798. The molecule has 2 heterocycles. The number of aromatic nitrogens is 1. The normalized spacial score (nSPS) is 16.3. The van der Waals surface area contributed by atoms with Gasteiger partial charge in [0.25, 0.3) is 5.91 Å². The standard InChI is InChI=1S/C22H25N3O2S/c1-16(14-21-23-19-8-3-4-9-20(19)28-21)24-10-12-25(13-11-24)22(26)17-6-5-7-18(15-17)27-2/h3-9,15-16H,10-14H2,1-2H3. The van der Waals surface area contributed by atoms with Crippen LogP contribution in [-0.2, 0) is 6.42 Å². The summed E-state index contributed by atoms with van der Waals surface area (Å²) in [6.45, 7) is 5.54. The number of carbonyl (C=O) groups excluding carboxylic acids is 1. The molecule has 1 aromatic heterocycles. The molecule has 0 bridgehead atoms. The van der Waals surface area contributed by atoms with Gasteiger partial charge in [-0.2, -0.15) is 0 Å². The number of methoxy groups -OCH3 is 1. The smallest absolute Gasteiger partial charge is 0.254 e. The first-order valence-corrected chi connectivity index (χ1v) is 10.5. The number of piperazine rings is 1. The van der Waals surface area contributed by atoms with Crippen LogP contribution in [0, 0.1) is 0 Å². The van der Waals surface area contributed by atoms with Crippen molar-refractivity contribution in [3.05, 3.63) is 59.1 Å². The molecule has 146 valence electrons. The van der Waals surface area contributed by atoms with E-state index in [-0.39, 0.29) is 5.91 Å². The van der Waals surface area contributed by atoms with Crippen molar-refractivity contribution in [2.45, 2.75) is 19.4 Å². The van der Waals surface area contributed by atoms with E-state index in [2.05, 4.69) is 30.0 Å². The summed E-state index contributed by atoms with van der Waals surface area (Å²) in [4.78, 5) is 21.9. The molecule has 0 radical (unpaired) electrons. The minimum Gasteiger partial charge on any atom is -0.497 e. The summed E-state index contributed by atoms with van der Waals surface area (Å²) >= 11 is 1.78. The Morgan fingerprint density at radius 2 is 1.93 bits per heavy atom. The van der Waals surface area contributed by atoms with Gasteiger partial charge in [-0.05, 0) is 37.3 Å². The van der Waals surface area contributed by atoms with Crippen molar-refractivity contribution in [3.63, 3.8) is 0 Å². The predicted molar refractivity (Wildman–Crippen MR) is 113 cm³/mol. The number of hydrogen-bond acceptors (Lipinski definition) is 5. The van der Waals surface area contributed by atoms with E-state index in [0.29, 0.717) is 17.4 Å². The molecule has 2 aromatic carbocycles. The summed E-state index contributed by atoms with van der Waals surface area (Å²) < 4.78 is 6.48. The second-order valence-corrected chi connectivity index (χ2v) is 8.30. The van der Waals surface area contributed by atoms with Crippen LogP contribution in [0.2, 0.25) is 0 Å². The summed E-state index contributed by atoms with van der Waals surface area (Å²) in [5.41, 5.74) is 1.78. The van der Waals surface area contributed by atoms with Crippen molar-refractivity contribution >= 4 is 27.5 Å². The average Bonchev–Trinajstić information content (AvgIpc) is 3.15. The molecule has 1 fully saturated rings. The first-order chi connectivity index (χ1) is 13.6. The van der Waals surface area contributed by atoms with Crippen molar-refractivity contribution in [2.24, 2.45) is 0 Å². The quantitative estimate of drug-likeness (QED) is 0.661. The van der Waals surface area contributed by atoms with Gasteiger partial charge >= 0.3 is 0 Å². The van der Waals surface area contributed by atoms with E-state index in [1.807, 2.05) is 35.2 Å². The minimum atomic E-state index is 0.0809. The van der Waals surface area contributed by atoms with Gasteiger partial charge in [-0.3, -0.25) is 9.69 Å². The van der Waals surface area contributed by atoms with Crippen LogP contribution < -0.4 is 4.74 Å². The second-order valence-electron chi connectivity index (χ2n) is 7.19. The molecule has 4 rings (SSSR count). The predicted octanol–water partition coefficient (Wildman–Crippen LogP) is 3.69. The van der Waals surface area contributed by atoms with E-state index in [0.717, 1.165) is 38.1 Å². The lowest BCUT2D eigenvalue weighted by molar-refractivity contribution is 0.0582. The molecule has 5 nitrogen and oxygen atoms in total. The Morgan fingerprint density at radius 3 is 2.68 bits per heavy atom. The molecule has 1 aliphatic heterocycles. The monoisotopic (exact) mass is 395 g/mol. The van der Waals surface area contributed by atoms with Crippen molar-refractivity contribution < 1.29 is 9.53 Å². The van der Waals surface area contributed by atoms with Gasteiger partial charge in [0.05, 0.1) is 22.3 Å². The van der Waals surface area contributed by atoms with Gasteiger partial charge in [-0.25, -0.2) is 4.98 Å². The highest BCUT2D eigenvalue weighted by atomic mass is 32.1. The molecular weight excluding hydrogens is 370 g/mol. The van der Waals surface area contributed by atoms with Crippen molar-refractivity contribution in [1.29, 1.82) is 0 Å². The van der Waals surface area contributed by atoms with Gasteiger partial charge in [0.15, 0.2) is 0 Å². The Balaban J connectivity index is 1.34. The molecule has 28 heavy (non-hydrogen) atoms. The molecule has 0 N–H and O–H groups in total. The van der Waals surface area contributed by atoms with E-state index < -0.39 is 0 Å². The SMILES string of the molecule is COc1cccc(C(=O)N2CCN(C(C)Cc3nc4ccccc4s3)CC2)c1. The summed E-state index contributed by atoms with van der Waals surface area (Å²) in [6, 6.07) is 16.1. The van der Waals surface area contributed by atoms with Crippen molar-refractivity contribution in [3.8, 4) is 5.75 Å². The molecule has 1 atom stereocenters. The lowest BCUT2D eigenvalue weighted by Crippen LogP contribution is -2.51. The number of fused-ring (bicyclic) bond motifs is 1. The maximum Gasteiger partial charge on any atom is 0.254 e. The van der Waals surface area contributed by atoms with Crippen LogP contribution >= 0.6 is 11.3 Å². The Kier molecular flexibility index (Phi) is 5.59. The van der Waals surface area contributed by atoms with E-state index in [1.165, 1.54) is 9.71 Å². The van der Waals surface area contributed by atoms with E-state index in [1.54, 1.807) is 18.4 Å². The van der Waals surface area contributed by atoms with Crippen LogP contribution in [0.25, 0.3) is 10.2 Å². The van der Waals surface area contributed by atoms with Crippen LogP contribution in [0.15, 0.2) is 48.5 Å². The fourth-order valence-corrected chi connectivity index (χ4v) is 4.78. The third-order valence-corrected chi connectivity index (χ3v) is 6.41. The van der Waals surface area contributed by atoms with Gasteiger partial charge in [0.1, 0.15) is 5.75 Å². The molecule has 0 saturated carbocycles. The maximum atomic E-state index is 12.8. The molecule has 1 amide bonds. The number of para-hydroxylation sites is 1. The number of rotatable bonds is 5. The zero-order valence-corrected chi connectivity index (χ0v) is 17.1. The Labute approximate surface area is 169 Å². The highest BCUT2D eigenvalue weighted by molar-refractivity contribution is 7.18. The maximum absolute atomic E-state index is 12.8. The molecule has 1 aliphatic rings. The van der Waals surface area contributed by atoms with Gasteiger partial charge < -0.3 is 9.64 Å². The summed E-state index contributed by atoms with van der Waals surface area (Å²) in [7, 11) is 1.62. The van der Waals surface area contributed by atoms with Crippen LogP contribution in [0.4, 0.5) is 0 Å². The van der Waals surface area contributed by atoms with Crippen LogP contribution in [0.5, 0.6) is 5.75 Å². The minimum absolute atomic E-state index is 0.0809. The highest BCUT2D eigenvalue weighted by Crippen LogP contribution is 2.24. The number of carbonyl (C=O) groups is 1. The number of thiazole rings is 1. The largest absolute Gasteiger partial charge is 0.497 e. The van der Waals surface area contributed by atoms with Crippen LogP contribution in [0.1, 0.15) is 22.3 Å². The molecule has 6 heteroatoms. The van der Waals surface area contributed by atoms with Gasteiger partial charge in [0.2, 0.25) is 0 Å². The molecule has 0 aliphatic carbocycles. The third-order valence-electron chi connectivity index (χ3n) is 5.35. The number of amides is 1. The van der Waals surface area contributed by atoms with E-state index >= 15 is 0 Å². The van der Waals surface area contributed by atoms with Crippen molar-refractivity contribution in [2.75, 3.05) is 33.3 Å². The second kappa shape index (κ2) is 8.29. The topological polar surface area (TPSA) is 45.7 Å². The van der Waals surface area contributed by atoms with E-state index in [4.69, 9.17) is 9.72 Å². The third kappa shape index (κ3) is 4.03. The molecule has 0 spiro atoms. The Hall–Kier alpha value is -2.44. The fraction of sp³-hybridized carbons (Fsp3) is 0.364. The van der Waals surface area contributed by atoms with Crippen LogP contribution in [-0.4, -0.2) is 60.0 Å². The van der Waals surface area contributed by atoms with E-state index in [9.17, 15) is 4.79 Å². The Morgan fingerprint density at radius 1 is 1.14 bits per heavy atom. The molecular formula is C22H25N3O2S. The van der Waals surface area contributed by atoms with Gasteiger partial charge in [-0.15, -0.1) is 11.3 Å². The first-order valence-electron chi connectivity index (χ1n) is 9.66. The van der Waals surface area contributed by atoms with Gasteiger partial charge in [0, 0.05) is 44.2 Å². The average molecular weight is 396 g/mol. The summed E-state index contributed by atoms with van der Waals surface area (Å²) in [6.07, 6.45) is 0.948. The zero-order chi connectivity index (χ0) is 19.5. The molecule has 1 unspecified atom stereocenters. The molecule has 1 saturated heterocycles. The number of benzene rings is 2. The number of ether oxygens (including phenoxy) is 1. The number of hydrogen-bond donors (Lipinski definition) is 0. The zero-order valence-electron chi connectivity index (χ0n) is 16.3. The first kappa shape index (κ1) is 18.9. The molecule has 3 aromatic rings. The van der Waals surface area contributed by atoms with Gasteiger partial charge in [-0.1, -0.05) is 18.2 Å². The number of nitrogens with zero attached hydrogens (tertiary/aromatic N) is 3. The Bertz CT molecular complexity index is 930. The summed E-state index contributed by atoms with van der Waals surface area (Å²) in [5, 5.41) is 1.18.